The Morgan fingerprint density at radius 2 is 1.97 bits per heavy atom. The highest BCUT2D eigenvalue weighted by molar-refractivity contribution is 6.30. The van der Waals surface area contributed by atoms with Crippen LogP contribution in [0.4, 0.5) is 4.39 Å². The highest BCUT2D eigenvalue weighted by atomic mass is 35.5. The van der Waals surface area contributed by atoms with E-state index in [1.807, 2.05) is 15.9 Å². The Kier molecular flexibility index (Phi) is 4.93. The van der Waals surface area contributed by atoms with Crippen molar-refractivity contribution in [2.75, 3.05) is 19.6 Å². The minimum atomic E-state index is -0.292. The quantitative estimate of drug-likeness (QED) is 0.622. The Hall–Kier alpha value is -2.93. The van der Waals surface area contributed by atoms with Gasteiger partial charge in [-0.05, 0) is 42.7 Å². The van der Waals surface area contributed by atoms with Crippen molar-refractivity contribution in [3.63, 3.8) is 0 Å². The molecule has 31 heavy (non-hydrogen) atoms. The van der Waals surface area contributed by atoms with Crippen LogP contribution in [-0.4, -0.2) is 50.6 Å². The summed E-state index contributed by atoms with van der Waals surface area (Å²) in [4.78, 5) is 33.6. The minimum Gasteiger partial charge on any atom is -0.338 e. The first-order chi connectivity index (χ1) is 14.9. The fourth-order valence-electron chi connectivity index (χ4n) is 4.73. The Balaban J connectivity index is 1.24. The van der Waals surface area contributed by atoms with E-state index >= 15 is 0 Å². The Labute approximate surface area is 184 Å². The van der Waals surface area contributed by atoms with Crippen LogP contribution in [0.15, 0.2) is 48.8 Å². The lowest BCUT2D eigenvalue weighted by atomic mass is 9.77. The summed E-state index contributed by atoms with van der Waals surface area (Å²) in [5.74, 6) is -0.295. The molecule has 5 rings (SSSR count). The molecule has 2 amide bonds. The van der Waals surface area contributed by atoms with Gasteiger partial charge in [-0.15, -0.1) is 0 Å². The number of carbonyl (C=O) groups excluding carboxylic acids is 2. The number of pyridine rings is 1. The second-order valence-electron chi connectivity index (χ2n) is 8.59. The van der Waals surface area contributed by atoms with E-state index in [0.29, 0.717) is 49.0 Å². The number of hydrogen-bond donors (Lipinski definition) is 0. The zero-order valence-corrected chi connectivity index (χ0v) is 17.7. The molecule has 8 heteroatoms. The van der Waals surface area contributed by atoms with Gasteiger partial charge in [0.15, 0.2) is 0 Å². The molecule has 0 radical (unpaired) electrons. The smallest absolute Gasteiger partial charge is 0.274 e. The van der Waals surface area contributed by atoms with E-state index in [0.717, 1.165) is 18.4 Å². The molecule has 0 N–H and O–H groups in total. The highest BCUT2D eigenvalue weighted by Crippen LogP contribution is 2.41. The van der Waals surface area contributed by atoms with Gasteiger partial charge in [0.25, 0.3) is 5.91 Å². The maximum Gasteiger partial charge on any atom is 0.274 e. The number of aromatic nitrogens is 2. The van der Waals surface area contributed by atoms with Crippen LogP contribution in [0, 0.1) is 11.2 Å². The number of halogens is 2. The number of rotatable bonds is 3. The van der Waals surface area contributed by atoms with Gasteiger partial charge in [0.1, 0.15) is 17.2 Å². The fourth-order valence-corrected chi connectivity index (χ4v) is 4.90. The van der Waals surface area contributed by atoms with Crippen LogP contribution in [0.5, 0.6) is 0 Å². The van der Waals surface area contributed by atoms with Crippen LogP contribution in [-0.2, 0) is 11.3 Å². The SMILES string of the molecule is O=C1CC2(CCN(C(=O)c3cn4cc(Cl)ccc4n3)CC2)CN1Cc1cccc(F)c1. The zero-order chi connectivity index (χ0) is 21.6. The summed E-state index contributed by atoms with van der Waals surface area (Å²) in [5.41, 5.74) is 1.75. The average molecular weight is 441 g/mol. The van der Waals surface area contributed by atoms with Gasteiger partial charge >= 0.3 is 0 Å². The number of fused-ring (bicyclic) bond motifs is 1. The molecule has 2 fully saturated rings. The molecule has 2 aromatic heterocycles. The number of nitrogens with zero attached hydrogens (tertiary/aromatic N) is 4. The molecule has 2 aliphatic heterocycles. The lowest BCUT2D eigenvalue weighted by molar-refractivity contribution is -0.128. The largest absolute Gasteiger partial charge is 0.338 e. The van der Waals surface area contributed by atoms with E-state index in [9.17, 15) is 14.0 Å². The number of imidazole rings is 1. The number of likely N-dealkylation sites (tertiary alicyclic amines) is 2. The number of piperidine rings is 1. The van der Waals surface area contributed by atoms with Gasteiger partial charge in [0, 0.05) is 50.4 Å². The molecule has 3 aromatic rings. The second-order valence-corrected chi connectivity index (χ2v) is 9.02. The fraction of sp³-hybridized carbons (Fsp3) is 0.348. The first-order valence-corrected chi connectivity index (χ1v) is 10.7. The number of benzene rings is 1. The normalized spacial score (nSPS) is 18.3. The topological polar surface area (TPSA) is 57.9 Å². The maximum absolute atomic E-state index is 13.5. The molecule has 1 spiro atoms. The van der Waals surface area contributed by atoms with Gasteiger partial charge in [-0.1, -0.05) is 23.7 Å². The van der Waals surface area contributed by atoms with Gasteiger partial charge in [-0.25, -0.2) is 9.37 Å². The minimum absolute atomic E-state index is 0.0984. The molecule has 4 heterocycles. The van der Waals surface area contributed by atoms with Gasteiger partial charge in [-0.2, -0.15) is 0 Å². The van der Waals surface area contributed by atoms with E-state index in [-0.39, 0.29) is 23.0 Å². The predicted molar refractivity (Wildman–Crippen MR) is 114 cm³/mol. The summed E-state index contributed by atoms with van der Waals surface area (Å²) in [6.45, 7) is 2.26. The summed E-state index contributed by atoms with van der Waals surface area (Å²) in [7, 11) is 0. The molecule has 6 nitrogen and oxygen atoms in total. The lowest BCUT2D eigenvalue weighted by Crippen LogP contribution is -2.44. The molecular formula is C23H22ClFN4O2. The van der Waals surface area contributed by atoms with E-state index in [1.165, 1.54) is 12.1 Å². The van der Waals surface area contributed by atoms with Crippen LogP contribution in [0.25, 0.3) is 5.65 Å². The Morgan fingerprint density at radius 3 is 2.74 bits per heavy atom. The molecule has 160 valence electrons. The molecular weight excluding hydrogens is 419 g/mol. The number of hydrogen-bond acceptors (Lipinski definition) is 3. The second kappa shape index (κ2) is 7.64. The van der Waals surface area contributed by atoms with Crippen molar-refractivity contribution in [2.45, 2.75) is 25.8 Å². The molecule has 1 aromatic carbocycles. The van der Waals surface area contributed by atoms with Gasteiger partial charge in [-0.3, -0.25) is 9.59 Å². The molecule has 2 aliphatic rings. The first kappa shape index (κ1) is 20.0. The van der Waals surface area contributed by atoms with Crippen molar-refractivity contribution in [1.29, 1.82) is 0 Å². The van der Waals surface area contributed by atoms with Crippen LogP contribution in [0.1, 0.15) is 35.3 Å². The van der Waals surface area contributed by atoms with Crippen molar-refractivity contribution in [1.82, 2.24) is 19.2 Å². The van der Waals surface area contributed by atoms with Gasteiger partial charge in [0.05, 0.1) is 5.02 Å². The Bertz CT molecular complexity index is 1170. The monoisotopic (exact) mass is 440 g/mol. The average Bonchev–Trinajstić information content (AvgIpc) is 3.29. The summed E-state index contributed by atoms with van der Waals surface area (Å²) in [6.07, 6.45) is 5.45. The van der Waals surface area contributed by atoms with Crippen molar-refractivity contribution in [3.05, 3.63) is 70.9 Å². The van der Waals surface area contributed by atoms with E-state index in [1.54, 1.807) is 35.0 Å². The maximum atomic E-state index is 13.5. The Morgan fingerprint density at radius 1 is 1.16 bits per heavy atom. The standard InChI is InChI=1S/C23H22ClFN4O2/c24-17-4-5-20-26-19(14-28(20)13-17)22(31)27-8-6-23(7-9-27)11-21(30)29(15-23)12-16-2-1-3-18(25)10-16/h1-5,10,13-14H,6-9,11-12,15H2. The highest BCUT2D eigenvalue weighted by Gasteiger charge is 2.45. The summed E-state index contributed by atoms with van der Waals surface area (Å²) >= 11 is 6.01. The molecule has 0 bridgehead atoms. The van der Waals surface area contributed by atoms with Gasteiger partial charge in [0.2, 0.25) is 5.91 Å². The van der Waals surface area contributed by atoms with Crippen molar-refractivity contribution >= 4 is 29.1 Å². The first-order valence-electron chi connectivity index (χ1n) is 10.4. The molecule has 2 saturated heterocycles. The molecule has 0 aliphatic carbocycles. The summed E-state index contributed by atoms with van der Waals surface area (Å²) in [5, 5.41) is 0.581. The summed E-state index contributed by atoms with van der Waals surface area (Å²) in [6, 6.07) is 9.91. The van der Waals surface area contributed by atoms with E-state index in [2.05, 4.69) is 4.98 Å². The third-order valence-electron chi connectivity index (χ3n) is 6.41. The zero-order valence-electron chi connectivity index (χ0n) is 16.9. The van der Waals surface area contributed by atoms with Crippen molar-refractivity contribution < 1.29 is 14.0 Å². The van der Waals surface area contributed by atoms with Crippen LogP contribution in [0.3, 0.4) is 0 Å². The van der Waals surface area contributed by atoms with Crippen LogP contribution < -0.4 is 0 Å². The summed E-state index contributed by atoms with van der Waals surface area (Å²) < 4.78 is 15.2. The van der Waals surface area contributed by atoms with Crippen LogP contribution >= 0.6 is 11.6 Å². The van der Waals surface area contributed by atoms with Crippen molar-refractivity contribution in [3.8, 4) is 0 Å². The third-order valence-corrected chi connectivity index (χ3v) is 6.64. The predicted octanol–water partition coefficient (Wildman–Crippen LogP) is 3.78. The number of carbonyl (C=O) groups is 2. The molecule has 0 atom stereocenters. The number of amides is 2. The third kappa shape index (κ3) is 3.90. The van der Waals surface area contributed by atoms with Gasteiger partial charge < -0.3 is 14.2 Å². The molecule has 0 unspecified atom stereocenters. The van der Waals surface area contributed by atoms with Crippen molar-refractivity contribution in [2.24, 2.45) is 5.41 Å². The lowest BCUT2D eigenvalue weighted by Gasteiger charge is -2.38. The van der Waals surface area contributed by atoms with Crippen LogP contribution in [0.2, 0.25) is 5.02 Å². The van der Waals surface area contributed by atoms with E-state index < -0.39 is 0 Å². The van der Waals surface area contributed by atoms with E-state index in [4.69, 9.17) is 11.6 Å². The molecule has 0 saturated carbocycles.